The van der Waals surface area contributed by atoms with E-state index in [0.29, 0.717) is 27.0 Å². The molecule has 0 aromatic heterocycles. The minimum Gasteiger partial charge on any atom is -0.490 e. The number of carbonyl (C=O) groups is 2. The molecule has 0 atom stereocenters. The SMILES string of the molecule is O=C1S/C(=C\c2ccc(OCc3ccccc3F)cc2)C(=O)N1CCOc1ccccc1Cl. The lowest BCUT2D eigenvalue weighted by Crippen LogP contribution is -2.32. The van der Waals surface area contributed by atoms with E-state index < -0.39 is 0 Å². The predicted molar refractivity (Wildman–Crippen MR) is 127 cm³/mol. The van der Waals surface area contributed by atoms with Gasteiger partial charge in [0, 0.05) is 5.56 Å². The highest BCUT2D eigenvalue weighted by atomic mass is 35.5. The molecule has 1 heterocycles. The van der Waals surface area contributed by atoms with Crippen molar-refractivity contribution in [3.63, 3.8) is 0 Å². The van der Waals surface area contributed by atoms with Crippen molar-refractivity contribution in [2.75, 3.05) is 13.2 Å². The molecule has 33 heavy (non-hydrogen) atoms. The van der Waals surface area contributed by atoms with Crippen LogP contribution in [-0.2, 0) is 11.4 Å². The summed E-state index contributed by atoms with van der Waals surface area (Å²) in [4.78, 5) is 26.4. The van der Waals surface area contributed by atoms with E-state index in [9.17, 15) is 14.0 Å². The molecule has 3 aromatic rings. The number of imide groups is 1. The highest BCUT2D eigenvalue weighted by Crippen LogP contribution is 2.32. The molecule has 0 saturated carbocycles. The zero-order valence-corrected chi connectivity index (χ0v) is 18.9. The normalized spacial score (nSPS) is 14.7. The molecule has 0 N–H and O–H groups in total. The zero-order valence-electron chi connectivity index (χ0n) is 17.4. The van der Waals surface area contributed by atoms with E-state index in [4.69, 9.17) is 21.1 Å². The van der Waals surface area contributed by atoms with Crippen molar-refractivity contribution in [2.45, 2.75) is 6.61 Å². The third-order valence-electron chi connectivity index (χ3n) is 4.81. The van der Waals surface area contributed by atoms with Crippen molar-refractivity contribution in [3.05, 3.63) is 99.7 Å². The molecule has 3 aromatic carbocycles. The molecular formula is C25H19ClFNO4S. The minimum absolute atomic E-state index is 0.112. The lowest BCUT2D eigenvalue weighted by Gasteiger charge is -2.13. The Hall–Kier alpha value is -3.29. The second-order valence-electron chi connectivity index (χ2n) is 7.06. The molecule has 0 radical (unpaired) electrons. The van der Waals surface area contributed by atoms with Crippen LogP contribution in [0.25, 0.3) is 6.08 Å². The number of ether oxygens (including phenoxy) is 2. The molecule has 1 fully saturated rings. The van der Waals surface area contributed by atoms with Crippen molar-refractivity contribution >= 4 is 40.6 Å². The first kappa shape index (κ1) is 22.9. The Balaban J connectivity index is 1.34. The number of hydrogen-bond donors (Lipinski definition) is 0. The Labute approximate surface area is 199 Å². The third kappa shape index (κ3) is 5.74. The van der Waals surface area contributed by atoms with Gasteiger partial charge < -0.3 is 9.47 Å². The number of nitrogens with zero attached hydrogens (tertiary/aromatic N) is 1. The van der Waals surface area contributed by atoms with E-state index in [1.54, 1.807) is 72.8 Å². The van der Waals surface area contributed by atoms with Crippen LogP contribution in [0.1, 0.15) is 11.1 Å². The van der Waals surface area contributed by atoms with Crippen LogP contribution in [0, 0.1) is 5.82 Å². The van der Waals surface area contributed by atoms with Gasteiger partial charge in [-0.15, -0.1) is 0 Å². The average molecular weight is 484 g/mol. The highest BCUT2D eigenvalue weighted by molar-refractivity contribution is 8.18. The van der Waals surface area contributed by atoms with Gasteiger partial charge in [0.25, 0.3) is 11.1 Å². The van der Waals surface area contributed by atoms with Gasteiger partial charge in [0.1, 0.15) is 30.5 Å². The van der Waals surface area contributed by atoms with Crippen molar-refractivity contribution in [3.8, 4) is 11.5 Å². The number of amides is 2. The summed E-state index contributed by atoms with van der Waals surface area (Å²) >= 11 is 6.93. The summed E-state index contributed by atoms with van der Waals surface area (Å²) in [5, 5.41) is 0.117. The molecule has 2 amide bonds. The molecule has 0 spiro atoms. The Bertz CT molecular complexity index is 1200. The van der Waals surface area contributed by atoms with Gasteiger partial charge in [-0.25, -0.2) is 4.39 Å². The fourth-order valence-electron chi connectivity index (χ4n) is 3.09. The number of rotatable bonds is 8. The van der Waals surface area contributed by atoms with E-state index in [1.165, 1.54) is 6.07 Å². The lowest BCUT2D eigenvalue weighted by atomic mass is 10.2. The van der Waals surface area contributed by atoms with Gasteiger partial charge in [0.05, 0.1) is 16.5 Å². The Kier molecular flexibility index (Phi) is 7.32. The van der Waals surface area contributed by atoms with Crippen molar-refractivity contribution in [2.24, 2.45) is 0 Å². The summed E-state index contributed by atoms with van der Waals surface area (Å²) in [5.74, 6) is 0.383. The standard InChI is InChI=1S/C25H19ClFNO4S/c26-20-6-2-4-8-22(20)31-14-13-28-24(29)23(33-25(28)30)15-17-9-11-19(12-10-17)32-16-18-5-1-3-7-21(18)27/h1-12,15H,13-14,16H2/b23-15-. The van der Waals surface area contributed by atoms with E-state index in [0.717, 1.165) is 22.2 Å². The maximum atomic E-state index is 13.7. The average Bonchev–Trinajstić information content (AvgIpc) is 3.08. The highest BCUT2D eigenvalue weighted by Gasteiger charge is 2.34. The van der Waals surface area contributed by atoms with Crippen molar-refractivity contribution in [1.29, 1.82) is 0 Å². The van der Waals surface area contributed by atoms with Gasteiger partial charge >= 0.3 is 0 Å². The first-order valence-corrected chi connectivity index (χ1v) is 11.3. The second kappa shape index (κ2) is 10.6. The van der Waals surface area contributed by atoms with E-state index >= 15 is 0 Å². The van der Waals surface area contributed by atoms with Gasteiger partial charge in [-0.05, 0) is 53.7 Å². The topological polar surface area (TPSA) is 55.8 Å². The smallest absolute Gasteiger partial charge is 0.293 e. The van der Waals surface area contributed by atoms with Crippen LogP contribution >= 0.6 is 23.4 Å². The molecular weight excluding hydrogens is 465 g/mol. The summed E-state index contributed by atoms with van der Waals surface area (Å²) in [5.41, 5.74) is 1.21. The summed E-state index contributed by atoms with van der Waals surface area (Å²) in [6.45, 7) is 0.375. The Morgan fingerprint density at radius 3 is 2.42 bits per heavy atom. The van der Waals surface area contributed by atoms with Crippen LogP contribution in [-0.4, -0.2) is 29.2 Å². The molecule has 5 nitrogen and oxygen atoms in total. The number of carbonyl (C=O) groups excluding carboxylic acids is 2. The molecule has 4 rings (SSSR count). The van der Waals surface area contributed by atoms with Crippen LogP contribution in [0.15, 0.2) is 77.7 Å². The fourth-order valence-corrected chi connectivity index (χ4v) is 4.14. The van der Waals surface area contributed by atoms with Crippen molar-refractivity contribution < 1.29 is 23.5 Å². The number of halogens is 2. The zero-order chi connectivity index (χ0) is 23.2. The second-order valence-corrected chi connectivity index (χ2v) is 8.46. The van der Waals surface area contributed by atoms with E-state index in [1.807, 2.05) is 0 Å². The first-order chi connectivity index (χ1) is 16.0. The lowest BCUT2D eigenvalue weighted by molar-refractivity contribution is -0.123. The van der Waals surface area contributed by atoms with Crippen LogP contribution < -0.4 is 9.47 Å². The monoisotopic (exact) mass is 483 g/mol. The Morgan fingerprint density at radius 2 is 1.67 bits per heavy atom. The van der Waals surface area contributed by atoms with Crippen LogP contribution in [0.3, 0.4) is 0 Å². The number of thioether (sulfide) groups is 1. The van der Waals surface area contributed by atoms with E-state index in [-0.39, 0.29) is 36.7 Å². The van der Waals surface area contributed by atoms with Gasteiger partial charge in [0.15, 0.2) is 0 Å². The maximum Gasteiger partial charge on any atom is 0.293 e. The Morgan fingerprint density at radius 1 is 0.939 bits per heavy atom. The number of para-hydroxylation sites is 1. The molecule has 0 bridgehead atoms. The van der Waals surface area contributed by atoms with E-state index in [2.05, 4.69) is 0 Å². The summed E-state index contributed by atoms with van der Waals surface area (Å²) in [6, 6.07) is 20.4. The molecule has 1 aliphatic heterocycles. The maximum absolute atomic E-state index is 13.7. The molecule has 168 valence electrons. The van der Waals surface area contributed by atoms with Gasteiger partial charge in [-0.1, -0.05) is 54.1 Å². The van der Waals surface area contributed by atoms with Crippen LogP contribution in [0.4, 0.5) is 9.18 Å². The molecule has 0 aliphatic carbocycles. The molecule has 1 aliphatic rings. The first-order valence-electron chi connectivity index (χ1n) is 10.1. The molecule has 0 unspecified atom stereocenters. The van der Waals surface area contributed by atoms with Crippen molar-refractivity contribution in [1.82, 2.24) is 4.90 Å². The number of hydrogen-bond acceptors (Lipinski definition) is 5. The summed E-state index contributed by atoms with van der Waals surface area (Å²) < 4.78 is 24.9. The number of benzene rings is 3. The van der Waals surface area contributed by atoms with Crippen LogP contribution in [0.5, 0.6) is 11.5 Å². The largest absolute Gasteiger partial charge is 0.490 e. The molecule has 1 saturated heterocycles. The van der Waals surface area contributed by atoms with Gasteiger partial charge in [-0.2, -0.15) is 0 Å². The summed E-state index contributed by atoms with van der Waals surface area (Å²) in [6.07, 6.45) is 1.65. The van der Waals surface area contributed by atoms with Crippen LogP contribution in [0.2, 0.25) is 5.02 Å². The van der Waals surface area contributed by atoms with Gasteiger partial charge in [0.2, 0.25) is 0 Å². The predicted octanol–water partition coefficient (Wildman–Crippen LogP) is 6.17. The third-order valence-corrected chi connectivity index (χ3v) is 6.03. The summed E-state index contributed by atoms with van der Waals surface area (Å²) in [7, 11) is 0. The minimum atomic E-state index is -0.368. The quantitative estimate of drug-likeness (QED) is 0.358. The fraction of sp³-hybridized carbons (Fsp3) is 0.120. The van der Waals surface area contributed by atoms with Gasteiger partial charge in [-0.3, -0.25) is 14.5 Å². The molecule has 8 heteroatoms.